The molecule has 5 N–H and O–H groups in total. The highest BCUT2D eigenvalue weighted by molar-refractivity contribution is 5.81. The molecule has 31 heavy (non-hydrogen) atoms. The number of hydrogen-bond donors (Lipinski definition) is 3. The highest BCUT2D eigenvalue weighted by Gasteiger charge is 2.09. The highest BCUT2D eigenvalue weighted by atomic mass is 16.6. The van der Waals surface area contributed by atoms with Crippen molar-refractivity contribution in [3.63, 3.8) is 0 Å². The van der Waals surface area contributed by atoms with E-state index >= 15 is 0 Å². The number of allylic oxidation sites excluding steroid dienone is 8. The molecule has 0 bridgehead atoms. The van der Waals surface area contributed by atoms with Crippen molar-refractivity contribution in [1.29, 1.82) is 0 Å². The van der Waals surface area contributed by atoms with Crippen LogP contribution >= 0.6 is 0 Å². The molecule has 4 rings (SSSR count). The van der Waals surface area contributed by atoms with Crippen LogP contribution in [0.1, 0.15) is 19.8 Å². The zero-order valence-corrected chi connectivity index (χ0v) is 16.9. The Labute approximate surface area is 179 Å². The number of nitrogens with two attached hydrogens (primary N) is 2. The molecule has 8 heteroatoms. The summed E-state index contributed by atoms with van der Waals surface area (Å²) in [6.45, 7) is 2.00. The van der Waals surface area contributed by atoms with Crippen molar-refractivity contribution in [2.24, 2.45) is 0 Å². The van der Waals surface area contributed by atoms with E-state index in [9.17, 15) is 10.1 Å². The summed E-state index contributed by atoms with van der Waals surface area (Å²) in [7, 11) is 0. The van der Waals surface area contributed by atoms with Gasteiger partial charge in [0.1, 0.15) is 0 Å². The lowest BCUT2D eigenvalue weighted by molar-refractivity contribution is -0.384. The minimum Gasteiger partial charge on any atom is -0.512 e. The number of nitrogen functional groups attached to an aromatic ring is 2. The Bertz CT molecular complexity index is 1240. The second-order valence-electron chi connectivity index (χ2n) is 6.41. The minimum absolute atomic E-state index is 0.0547. The molecule has 8 nitrogen and oxygen atoms in total. The van der Waals surface area contributed by atoms with Gasteiger partial charge in [-0.05, 0) is 37.6 Å². The zero-order chi connectivity index (χ0) is 22.8. The first-order valence-electron chi connectivity index (χ1n) is 9.18. The van der Waals surface area contributed by atoms with E-state index in [1.807, 2.05) is 19.1 Å². The SMILES string of the molecule is C#CC1=CC=C=C=C1.CC1=CCCC(O)=C1.Nc1nc2ccc([N+](=O)[O-])cc2nc1N. The van der Waals surface area contributed by atoms with Gasteiger partial charge in [0.2, 0.25) is 0 Å². The molecule has 156 valence electrons. The molecule has 0 spiro atoms. The van der Waals surface area contributed by atoms with E-state index in [1.165, 1.54) is 23.8 Å². The molecule has 0 saturated carbocycles. The Balaban J connectivity index is 0.000000181. The topological polar surface area (TPSA) is 141 Å². The van der Waals surface area contributed by atoms with E-state index < -0.39 is 4.92 Å². The van der Waals surface area contributed by atoms with Crippen LogP contribution in [0, 0.1) is 22.5 Å². The summed E-state index contributed by atoms with van der Waals surface area (Å²) in [5.74, 6) is 3.19. The van der Waals surface area contributed by atoms with E-state index in [4.69, 9.17) is 23.0 Å². The van der Waals surface area contributed by atoms with Crippen LogP contribution in [-0.4, -0.2) is 20.0 Å². The number of rotatable bonds is 1. The second kappa shape index (κ2) is 10.8. The van der Waals surface area contributed by atoms with Crippen LogP contribution in [0.25, 0.3) is 11.0 Å². The molecule has 1 aromatic carbocycles. The maximum absolute atomic E-state index is 10.5. The van der Waals surface area contributed by atoms with Crippen molar-refractivity contribution in [3.05, 3.63) is 87.1 Å². The van der Waals surface area contributed by atoms with Gasteiger partial charge in [0.05, 0.1) is 21.7 Å². The molecular formula is C23H21N5O3. The quantitative estimate of drug-likeness (QED) is 0.273. The predicted molar refractivity (Wildman–Crippen MR) is 122 cm³/mol. The molecular weight excluding hydrogens is 394 g/mol. The highest BCUT2D eigenvalue weighted by Crippen LogP contribution is 2.20. The number of nitro groups is 1. The van der Waals surface area contributed by atoms with Gasteiger partial charge in [0.15, 0.2) is 11.6 Å². The number of nitrogens with zero attached hydrogens (tertiary/aromatic N) is 3. The summed E-state index contributed by atoms with van der Waals surface area (Å²) in [4.78, 5) is 17.8. The number of non-ortho nitro benzene ring substituents is 1. The number of aliphatic hydroxyl groups is 1. The fourth-order valence-electron chi connectivity index (χ4n) is 2.46. The summed E-state index contributed by atoms with van der Waals surface area (Å²) in [5, 5.41) is 19.4. The van der Waals surface area contributed by atoms with E-state index in [2.05, 4.69) is 33.4 Å². The third-order valence-electron chi connectivity index (χ3n) is 4.00. The Hall–Kier alpha value is -4.56. The van der Waals surface area contributed by atoms with Crippen molar-refractivity contribution in [2.75, 3.05) is 11.5 Å². The number of terminal acetylenes is 1. The molecule has 0 aliphatic heterocycles. The summed E-state index contributed by atoms with van der Waals surface area (Å²) in [5.41, 5.74) is 19.2. The van der Waals surface area contributed by atoms with Crippen LogP contribution in [-0.2, 0) is 0 Å². The summed E-state index contributed by atoms with van der Waals surface area (Å²) >= 11 is 0. The molecule has 0 fully saturated rings. The first kappa shape index (κ1) is 22.7. The average Bonchev–Trinajstić information content (AvgIpc) is 2.75. The first-order valence-corrected chi connectivity index (χ1v) is 9.18. The lowest BCUT2D eigenvalue weighted by Gasteiger charge is -2.03. The van der Waals surface area contributed by atoms with Gasteiger partial charge in [-0.3, -0.25) is 10.1 Å². The fourth-order valence-corrected chi connectivity index (χ4v) is 2.46. The third-order valence-corrected chi connectivity index (χ3v) is 4.00. The van der Waals surface area contributed by atoms with Crippen LogP contribution in [0.4, 0.5) is 17.3 Å². The molecule has 0 unspecified atom stereocenters. The molecule has 0 atom stereocenters. The Morgan fingerprint density at radius 1 is 1.23 bits per heavy atom. The van der Waals surface area contributed by atoms with Crippen LogP contribution in [0.2, 0.25) is 0 Å². The fraction of sp³-hybridized carbons (Fsp3) is 0.130. The number of fused-ring (bicyclic) bond motifs is 1. The molecule has 2 aromatic rings. The van der Waals surface area contributed by atoms with Crippen LogP contribution in [0.15, 0.2) is 76.9 Å². The largest absolute Gasteiger partial charge is 0.512 e. The van der Waals surface area contributed by atoms with E-state index in [0.717, 1.165) is 18.4 Å². The predicted octanol–water partition coefficient (Wildman–Crippen LogP) is 4.30. The third kappa shape index (κ3) is 7.08. The Morgan fingerprint density at radius 3 is 2.42 bits per heavy atom. The standard InChI is InChI=1S/C8H7N5O2.C8H4.C7H10O/c9-7-8(10)12-6-3-4(13(14)15)1-2-5(6)11-7;1-2-8-6-4-3-5-7-8;1-6-3-2-4-7(8)5-6/h1-3H,(H2,9,11)(H2,10,12);1,4,6-7H;3,5,8H,2,4H2,1H3. The van der Waals surface area contributed by atoms with Gasteiger partial charge in [-0.25, -0.2) is 9.97 Å². The average molecular weight is 415 g/mol. The van der Waals surface area contributed by atoms with Crippen molar-refractivity contribution in [1.82, 2.24) is 9.97 Å². The van der Waals surface area contributed by atoms with Gasteiger partial charge in [-0.1, -0.05) is 29.0 Å². The van der Waals surface area contributed by atoms with Crippen LogP contribution < -0.4 is 11.5 Å². The molecule has 2 aliphatic carbocycles. The van der Waals surface area contributed by atoms with E-state index in [1.54, 1.807) is 12.2 Å². The number of aliphatic hydroxyl groups excluding tert-OH is 1. The molecule has 1 aromatic heterocycles. The van der Waals surface area contributed by atoms with Gasteiger partial charge >= 0.3 is 0 Å². The van der Waals surface area contributed by atoms with E-state index in [-0.39, 0.29) is 17.3 Å². The van der Waals surface area contributed by atoms with E-state index in [0.29, 0.717) is 16.8 Å². The molecule has 0 radical (unpaired) electrons. The minimum atomic E-state index is -0.506. The summed E-state index contributed by atoms with van der Waals surface area (Å²) in [6.07, 6.45) is 16.1. The van der Waals surface area contributed by atoms with Crippen LogP contribution in [0.3, 0.4) is 0 Å². The maximum atomic E-state index is 10.5. The molecule has 0 saturated heterocycles. The number of aromatic nitrogens is 2. The Morgan fingerprint density at radius 2 is 1.94 bits per heavy atom. The van der Waals surface area contributed by atoms with Crippen molar-refractivity contribution >= 4 is 28.4 Å². The number of anilines is 2. The summed E-state index contributed by atoms with van der Waals surface area (Å²) < 4.78 is 0. The van der Waals surface area contributed by atoms with Crippen molar-refractivity contribution in [3.8, 4) is 12.3 Å². The van der Waals surface area contributed by atoms with Gasteiger partial charge in [0.25, 0.3) is 5.69 Å². The lowest BCUT2D eigenvalue weighted by Crippen LogP contribution is -2.01. The van der Waals surface area contributed by atoms with Gasteiger partial charge in [-0.2, -0.15) is 0 Å². The Kier molecular flexibility index (Phi) is 7.95. The molecule has 0 amide bonds. The number of nitro benzene ring substituents is 1. The normalized spacial score (nSPS) is 13.5. The smallest absolute Gasteiger partial charge is 0.271 e. The first-order chi connectivity index (χ1) is 14.8. The monoisotopic (exact) mass is 415 g/mol. The van der Waals surface area contributed by atoms with Crippen molar-refractivity contribution < 1.29 is 10.0 Å². The number of benzene rings is 1. The second-order valence-corrected chi connectivity index (χ2v) is 6.41. The van der Waals surface area contributed by atoms with Gasteiger partial charge < -0.3 is 16.6 Å². The maximum Gasteiger partial charge on any atom is 0.271 e. The summed E-state index contributed by atoms with van der Waals surface area (Å²) in [6, 6.07) is 4.13. The van der Waals surface area contributed by atoms with Gasteiger partial charge in [0, 0.05) is 30.2 Å². The number of hydrogen-bond acceptors (Lipinski definition) is 7. The van der Waals surface area contributed by atoms with Crippen LogP contribution in [0.5, 0.6) is 0 Å². The van der Waals surface area contributed by atoms with Gasteiger partial charge in [-0.15, -0.1) is 6.42 Å². The zero-order valence-electron chi connectivity index (χ0n) is 16.9. The molecule has 1 heterocycles. The molecule has 2 aliphatic rings. The lowest BCUT2D eigenvalue weighted by atomic mass is 10.1. The van der Waals surface area contributed by atoms with Crippen molar-refractivity contribution in [2.45, 2.75) is 19.8 Å².